The zero-order valence-electron chi connectivity index (χ0n) is 12.8. The molecule has 2 aromatic rings. The van der Waals surface area contributed by atoms with Crippen LogP contribution in [0.4, 0.5) is 0 Å². The summed E-state index contributed by atoms with van der Waals surface area (Å²) in [6, 6.07) is 6.12. The maximum Gasteiger partial charge on any atom is 0.336 e. The van der Waals surface area contributed by atoms with Crippen LogP contribution in [0.15, 0.2) is 33.5 Å². The van der Waals surface area contributed by atoms with E-state index in [1.54, 1.807) is 19.1 Å². The minimum atomic E-state index is -1.53. The predicted molar refractivity (Wildman–Crippen MR) is 81.6 cm³/mol. The van der Waals surface area contributed by atoms with Gasteiger partial charge in [-0.1, -0.05) is 0 Å². The molecule has 1 fully saturated rings. The van der Waals surface area contributed by atoms with E-state index in [0.29, 0.717) is 5.58 Å². The molecule has 0 amide bonds. The molecule has 0 saturated carbocycles. The summed E-state index contributed by atoms with van der Waals surface area (Å²) < 4.78 is 15.9. The summed E-state index contributed by atoms with van der Waals surface area (Å²) >= 11 is 0. The largest absolute Gasteiger partial charge is 0.462 e. The van der Waals surface area contributed by atoms with Crippen LogP contribution in [-0.2, 0) is 4.74 Å². The van der Waals surface area contributed by atoms with Gasteiger partial charge in [0.05, 0.1) is 6.61 Å². The topological polar surface area (TPSA) is 130 Å². The van der Waals surface area contributed by atoms with E-state index < -0.39 is 42.9 Å². The Morgan fingerprint density at radius 1 is 1.12 bits per heavy atom. The number of rotatable bonds is 3. The number of hydrogen-bond donors (Lipinski definition) is 4. The average Bonchev–Trinajstić information content (AvgIpc) is 2.55. The second-order valence-corrected chi connectivity index (χ2v) is 5.72. The van der Waals surface area contributed by atoms with Gasteiger partial charge in [0.25, 0.3) is 0 Å². The number of benzene rings is 1. The standard InChI is InChI=1S/C16H18O8/c1-7-4-12(18)23-10-5-8(2-3-9(7)10)22-16-15(21)14(20)13(19)11(6-17)24-16/h2-5,11,13-17,19-21H,6H2,1H3/t11?,13-,14+,15?,16-/m0/s1. The zero-order chi connectivity index (χ0) is 17.4. The molecule has 8 heteroatoms. The SMILES string of the molecule is Cc1cc(=O)oc2cc(O[C@H]3OC(CO)[C@H](O)[C@@H](O)C3O)ccc12. The highest BCUT2D eigenvalue weighted by molar-refractivity contribution is 5.81. The van der Waals surface area contributed by atoms with Gasteiger partial charge in [-0.15, -0.1) is 0 Å². The van der Waals surface area contributed by atoms with Gasteiger partial charge in [-0.3, -0.25) is 0 Å². The van der Waals surface area contributed by atoms with Gasteiger partial charge in [-0.25, -0.2) is 4.79 Å². The highest BCUT2D eigenvalue weighted by Crippen LogP contribution is 2.27. The molecule has 0 bridgehead atoms. The first-order chi connectivity index (χ1) is 11.4. The van der Waals surface area contributed by atoms with Crippen LogP contribution in [0, 0.1) is 6.92 Å². The van der Waals surface area contributed by atoms with Gasteiger partial charge < -0.3 is 34.3 Å². The first kappa shape index (κ1) is 16.9. The van der Waals surface area contributed by atoms with Crippen molar-refractivity contribution < 1.29 is 34.3 Å². The van der Waals surface area contributed by atoms with Crippen molar-refractivity contribution in [3.63, 3.8) is 0 Å². The lowest BCUT2D eigenvalue weighted by atomic mass is 9.99. The van der Waals surface area contributed by atoms with Crippen molar-refractivity contribution in [1.29, 1.82) is 0 Å². The molecular weight excluding hydrogens is 320 g/mol. The molecule has 1 aliphatic rings. The first-order valence-corrected chi connectivity index (χ1v) is 7.42. The van der Waals surface area contributed by atoms with E-state index in [1.807, 2.05) is 0 Å². The van der Waals surface area contributed by atoms with Crippen molar-refractivity contribution in [2.45, 2.75) is 37.6 Å². The zero-order valence-corrected chi connectivity index (χ0v) is 12.8. The number of aliphatic hydroxyl groups excluding tert-OH is 4. The molecule has 4 N–H and O–H groups in total. The van der Waals surface area contributed by atoms with Crippen LogP contribution in [0.3, 0.4) is 0 Å². The Labute approximate surface area is 136 Å². The van der Waals surface area contributed by atoms with Gasteiger partial charge in [-0.2, -0.15) is 0 Å². The molecule has 1 aromatic heterocycles. The second kappa shape index (κ2) is 6.50. The molecule has 2 unspecified atom stereocenters. The normalized spacial score (nSPS) is 30.5. The quantitative estimate of drug-likeness (QED) is 0.540. The van der Waals surface area contributed by atoms with E-state index in [4.69, 9.17) is 19.0 Å². The van der Waals surface area contributed by atoms with Crippen LogP contribution < -0.4 is 10.4 Å². The summed E-state index contributed by atoms with van der Waals surface area (Å²) in [5.74, 6) is 0.237. The lowest BCUT2D eigenvalue weighted by Crippen LogP contribution is -2.60. The average molecular weight is 338 g/mol. The van der Waals surface area contributed by atoms with Gasteiger partial charge >= 0.3 is 5.63 Å². The van der Waals surface area contributed by atoms with E-state index in [1.165, 1.54) is 12.1 Å². The van der Waals surface area contributed by atoms with Gasteiger partial charge in [0.1, 0.15) is 35.7 Å². The molecule has 5 atom stereocenters. The Balaban J connectivity index is 1.87. The Morgan fingerprint density at radius 3 is 2.58 bits per heavy atom. The van der Waals surface area contributed by atoms with E-state index in [-0.39, 0.29) is 5.75 Å². The lowest BCUT2D eigenvalue weighted by molar-refractivity contribution is -0.277. The maximum absolute atomic E-state index is 11.5. The van der Waals surface area contributed by atoms with E-state index in [0.717, 1.165) is 10.9 Å². The highest BCUT2D eigenvalue weighted by Gasteiger charge is 2.44. The molecule has 2 heterocycles. The first-order valence-electron chi connectivity index (χ1n) is 7.42. The minimum Gasteiger partial charge on any atom is -0.462 e. The molecule has 0 aliphatic carbocycles. The molecule has 8 nitrogen and oxygen atoms in total. The van der Waals surface area contributed by atoms with Gasteiger partial charge in [0.15, 0.2) is 0 Å². The molecule has 3 rings (SSSR count). The van der Waals surface area contributed by atoms with Crippen molar-refractivity contribution in [2.24, 2.45) is 0 Å². The van der Waals surface area contributed by atoms with Crippen LogP contribution >= 0.6 is 0 Å². The number of hydrogen-bond acceptors (Lipinski definition) is 8. The molecule has 1 saturated heterocycles. The van der Waals surface area contributed by atoms with Crippen LogP contribution in [0.2, 0.25) is 0 Å². The smallest absolute Gasteiger partial charge is 0.336 e. The lowest BCUT2D eigenvalue weighted by Gasteiger charge is -2.39. The van der Waals surface area contributed by atoms with Gasteiger partial charge in [-0.05, 0) is 24.6 Å². The Kier molecular flexibility index (Phi) is 4.57. The summed E-state index contributed by atoms with van der Waals surface area (Å²) in [5, 5.41) is 39.4. The number of aliphatic hydroxyl groups is 4. The Bertz CT molecular complexity index is 783. The number of fused-ring (bicyclic) bond motifs is 1. The van der Waals surface area contributed by atoms with Crippen LogP contribution in [-0.4, -0.2) is 57.7 Å². The Hall–Kier alpha value is -1.97. The molecule has 130 valence electrons. The van der Waals surface area contributed by atoms with Crippen LogP contribution in [0.25, 0.3) is 11.0 Å². The predicted octanol–water partition coefficient (Wildman–Crippen LogP) is -0.720. The third kappa shape index (κ3) is 3.02. The molecule has 0 radical (unpaired) electrons. The Morgan fingerprint density at radius 2 is 1.88 bits per heavy atom. The van der Waals surface area contributed by atoms with E-state index in [9.17, 15) is 20.1 Å². The monoisotopic (exact) mass is 338 g/mol. The van der Waals surface area contributed by atoms with Crippen molar-refractivity contribution in [1.82, 2.24) is 0 Å². The molecule has 1 aromatic carbocycles. The fourth-order valence-electron chi connectivity index (χ4n) is 2.68. The summed E-state index contributed by atoms with van der Waals surface area (Å²) in [5.41, 5.74) is 0.563. The van der Waals surface area contributed by atoms with Crippen molar-refractivity contribution >= 4 is 11.0 Å². The summed E-state index contributed by atoms with van der Waals surface area (Å²) in [4.78, 5) is 11.5. The second-order valence-electron chi connectivity index (χ2n) is 5.72. The van der Waals surface area contributed by atoms with E-state index >= 15 is 0 Å². The minimum absolute atomic E-state index is 0.237. The van der Waals surface area contributed by atoms with E-state index in [2.05, 4.69) is 0 Å². The summed E-state index contributed by atoms with van der Waals surface area (Å²) in [6.45, 7) is 1.23. The maximum atomic E-state index is 11.5. The fourth-order valence-corrected chi connectivity index (χ4v) is 2.68. The molecular formula is C16H18O8. The molecule has 0 spiro atoms. The fraction of sp³-hybridized carbons (Fsp3) is 0.438. The summed E-state index contributed by atoms with van der Waals surface area (Å²) in [7, 11) is 0. The number of ether oxygens (including phenoxy) is 2. The molecule has 24 heavy (non-hydrogen) atoms. The third-order valence-corrected chi connectivity index (χ3v) is 4.02. The number of aryl methyl sites for hydroxylation is 1. The summed E-state index contributed by atoms with van der Waals surface area (Å²) in [6.07, 6.45) is -6.85. The highest BCUT2D eigenvalue weighted by atomic mass is 16.7. The van der Waals surface area contributed by atoms with Crippen LogP contribution in [0.1, 0.15) is 5.56 Å². The third-order valence-electron chi connectivity index (χ3n) is 4.02. The van der Waals surface area contributed by atoms with Crippen molar-refractivity contribution in [3.05, 3.63) is 40.2 Å². The van der Waals surface area contributed by atoms with Crippen molar-refractivity contribution in [3.8, 4) is 5.75 Å². The van der Waals surface area contributed by atoms with Crippen LogP contribution in [0.5, 0.6) is 5.75 Å². The van der Waals surface area contributed by atoms with Gasteiger partial charge in [0, 0.05) is 17.5 Å². The molecule has 1 aliphatic heterocycles. The van der Waals surface area contributed by atoms with Crippen molar-refractivity contribution in [2.75, 3.05) is 6.61 Å². The van der Waals surface area contributed by atoms with Gasteiger partial charge in [0.2, 0.25) is 6.29 Å².